The average molecular weight is 388 g/mol. The van der Waals surface area contributed by atoms with E-state index in [0.29, 0.717) is 0 Å². The Morgan fingerprint density at radius 2 is 1.96 bits per heavy atom. The number of non-ortho nitro benzene ring substituents is 1. The van der Waals surface area contributed by atoms with Gasteiger partial charge in [0, 0.05) is 23.3 Å². The molecule has 1 saturated heterocycles. The van der Waals surface area contributed by atoms with Gasteiger partial charge in [-0.25, -0.2) is 9.29 Å². The first-order chi connectivity index (χ1) is 12.4. The van der Waals surface area contributed by atoms with Gasteiger partial charge < -0.3 is 0 Å². The molecule has 9 heteroatoms. The van der Waals surface area contributed by atoms with Crippen LogP contribution in [-0.4, -0.2) is 26.0 Å². The van der Waals surface area contributed by atoms with E-state index in [1.165, 1.54) is 42.5 Å². The summed E-state index contributed by atoms with van der Waals surface area (Å²) < 4.78 is 13.7. The van der Waals surface area contributed by atoms with Crippen LogP contribution in [0.25, 0.3) is 6.08 Å². The van der Waals surface area contributed by atoms with Crippen LogP contribution in [0.15, 0.2) is 53.4 Å². The molecule has 0 aromatic heterocycles. The lowest BCUT2D eigenvalue weighted by Crippen LogP contribution is -2.34. The number of nitro benzene ring substituents is 1. The smallest absolute Gasteiger partial charge is 0.268 e. The maximum Gasteiger partial charge on any atom is 0.273 e. The van der Waals surface area contributed by atoms with Crippen molar-refractivity contribution in [2.24, 2.45) is 0 Å². The molecule has 1 aliphatic heterocycles. The number of rotatable bonds is 3. The Morgan fingerprint density at radius 1 is 1.23 bits per heavy atom. The highest BCUT2D eigenvalue weighted by Gasteiger charge is 2.37. The fraction of sp³-hybridized carbons (Fsp3) is 0. The number of carbonyl (C=O) groups excluding carboxylic acids is 2. The van der Waals surface area contributed by atoms with Gasteiger partial charge in [-0.3, -0.25) is 19.7 Å². The predicted molar refractivity (Wildman–Crippen MR) is 98.8 cm³/mol. The SMILES string of the molecule is O=C1/C(=C\c2ccccc2F)SC(=S)N1C(=O)c1cccc([N+](=O)[O-])c1. The Morgan fingerprint density at radius 3 is 2.65 bits per heavy atom. The van der Waals surface area contributed by atoms with Crippen molar-refractivity contribution in [2.75, 3.05) is 0 Å². The van der Waals surface area contributed by atoms with Crippen LogP contribution in [0, 0.1) is 15.9 Å². The average Bonchev–Trinajstić information content (AvgIpc) is 2.90. The van der Waals surface area contributed by atoms with Crippen molar-refractivity contribution in [1.82, 2.24) is 4.90 Å². The second-order valence-electron chi connectivity index (χ2n) is 5.15. The van der Waals surface area contributed by atoms with Gasteiger partial charge >= 0.3 is 0 Å². The Kier molecular flexibility index (Phi) is 4.92. The van der Waals surface area contributed by atoms with E-state index in [1.54, 1.807) is 6.07 Å². The van der Waals surface area contributed by atoms with Crippen LogP contribution in [0.2, 0.25) is 0 Å². The monoisotopic (exact) mass is 388 g/mol. The van der Waals surface area contributed by atoms with Crippen LogP contribution in [0.1, 0.15) is 15.9 Å². The van der Waals surface area contributed by atoms with Gasteiger partial charge in [-0.15, -0.1) is 0 Å². The van der Waals surface area contributed by atoms with E-state index in [-0.39, 0.29) is 26.0 Å². The third kappa shape index (κ3) is 3.39. The van der Waals surface area contributed by atoms with E-state index in [0.717, 1.165) is 22.7 Å². The minimum absolute atomic E-state index is 0.0194. The third-order valence-corrected chi connectivity index (χ3v) is 4.79. The van der Waals surface area contributed by atoms with E-state index < -0.39 is 22.6 Å². The number of thiocarbonyl (C=S) groups is 1. The molecule has 1 fully saturated rings. The van der Waals surface area contributed by atoms with Crippen LogP contribution in [0.5, 0.6) is 0 Å². The molecule has 2 aromatic carbocycles. The van der Waals surface area contributed by atoms with Crippen LogP contribution in [0.4, 0.5) is 10.1 Å². The Hall–Kier alpha value is -2.91. The minimum atomic E-state index is -0.770. The Balaban J connectivity index is 1.92. The second kappa shape index (κ2) is 7.14. The van der Waals surface area contributed by atoms with Crippen molar-refractivity contribution < 1.29 is 18.9 Å². The molecule has 0 spiro atoms. The molecule has 2 aromatic rings. The molecule has 0 N–H and O–H groups in total. The molecule has 1 heterocycles. The number of imide groups is 1. The van der Waals surface area contributed by atoms with E-state index in [4.69, 9.17) is 12.2 Å². The molecule has 0 unspecified atom stereocenters. The van der Waals surface area contributed by atoms with Crippen LogP contribution in [-0.2, 0) is 4.79 Å². The maximum atomic E-state index is 13.8. The van der Waals surface area contributed by atoms with Gasteiger partial charge in [0.25, 0.3) is 17.5 Å². The van der Waals surface area contributed by atoms with Gasteiger partial charge in [0.15, 0.2) is 4.32 Å². The fourth-order valence-electron chi connectivity index (χ4n) is 2.26. The largest absolute Gasteiger partial charge is 0.273 e. The molecule has 0 saturated carbocycles. The quantitative estimate of drug-likeness (QED) is 0.262. The minimum Gasteiger partial charge on any atom is -0.268 e. The second-order valence-corrected chi connectivity index (χ2v) is 6.83. The maximum absolute atomic E-state index is 13.8. The van der Waals surface area contributed by atoms with Crippen molar-refractivity contribution >= 4 is 51.9 Å². The van der Waals surface area contributed by atoms with Crippen molar-refractivity contribution in [3.05, 3.63) is 80.5 Å². The van der Waals surface area contributed by atoms with Crippen molar-refractivity contribution in [1.29, 1.82) is 0 Å². The number of hydrogen-bond acceptors (Lipinski definition) is 6. The summed E-state index contributed by atoms with van der Waals surface area (Å²) in [5, 5.41) is 10.9. The number of nitro groups is 1. The molecule has 0 bridgehead atoms. The molecule has 1 aliphatic rings. The summed E-state index contributed by atoms with van der Waals surface area (Å²) in [7, 11) is 0. The molecule has 0 aliphatic carbocycles. The topological polar surface area (TPSA) is 80.5 Å². The molecule has 130 valence electrons. The summed E-state index contributed by atoms with van der Waals surface area (Å²) in [6.07, 6.45) is 1.31. The van der Waals surface area contributed by atoms with Gasteiger partial charge in [-0.2, -0.15) is 0 Å². The molecule has 0 radical (unpaired) electrons. The summed E-state index contributed by atoms with van der Waals surface area (Å²) in [5.41, 5.74) is -0.123. The first-order valence-electron chi connectivity index (χ1n) is 7.20. The van der Waals surface area contributed by atoms with Gasteiger partial charge in [0.1, 0.15) is 5.82 Å². The third-order valence-electron chi connectivity index (χ3n) is 3.49. The summed E-state index contributed by atoms with van der Waals surface area (Å²) in [4.78, 5) is 36.2. The molecular weight excluding hydrogens is 379 g/mol. The summed E-state index contributed by atoms with van der Waals surface area (Å²) in [5.74, 6) is -1.98. The van der Waals surface area contributed by atoms with Gasteiger partial charge in [-0.1, -0.05) is 48.2 Å². The van der Waals surface area contributed by atoms with Gasteiger partial charge in [0.05, 0.1) is 9.83 Å². The van der Waals surface area contributed by atoms with E-state index in [9.17, 15) is 24.1 Å². The molecule has 3 rings (SSSR count). The van der Waals surface area contributed by atoms with Crippen molar-refractivity contribution in [3.63, 3.8) is 0 Å². The number of hydrogen-bond donors (Lipinski definition) is 0. The molecule has 0 atom stereocenters. The molecule has 26 heavy (non-hydrogen) atoms. The number of amides is 2. The normalized spacial score (nSPS) is 15.6. The predicted octanol–water partition coefficient (Wildman–Crippen LogP) is 3.78. The Labute approximate surface area is 156 Å². The highest BCUT2D eigenvalue weighted by atomic mass is 32.2. The number of carbonyl (C=O) groups is 2. The Bertz CT molecular complexity index is 990. The van der Waals surface area contributed by atoms with Crippen LogP contribution >= 0.6 is 24.0 Å². The van der Waals surface area contributed by atoms with Gasteiger partial charge in [0.2, 0.25) is 0 Å². The van der Waals surface area contributed by atoms with Gasteiger partial charge in [-0.05, 0) is 18.2 Å². The highest BCUT2D eigenvalue weighted by molar-refractivity contribution is 8.26. The number of benzene rings is 2. The van der Waals surface area contributed by atoms with Crippen molar-refractivity contribution in [3.8, 4) is 0 Å². The van der Waals surface area contributed by atoms with Crippen LogP contribution < -0.4 is 0 Å². The zero-order valence-corrected chi connectivity index (χ0v) is 14.6. The lowest BCUT2D eigenvalue weighted by molar-refractivity contribution is -0.384. The molecule has 6 nitrogen and oxygen atoms in total. The lowest BCUT2D eigenvalue weighted by Gasteiger charge is -2.12. The van der Waals surface area contributed by atoms with Crippen molar-refractivity contribution in [2.45, 2.75) is 0 Å². The lowest BCUT2D eigenvalue weighted by atomic mass is 10.1. The molecular formula is C17H9FN2O4S2. The molecule has 2 amide bonds. The van der Waals surface area contributed by atoms with E-state index >= 15 is 0 Å². The van der Waals surface area contributed by atoms with Crippen LogP contribution in [0.3, 0.4) is 0 Å². The number of thioether (sulfide) groups is 1. The first kappa shape index (κ1) is 17.9. The number of nitrogens with zero attached hydrogens (tertiary/aromatic N) is 2. The fourth-order valence-corrected chi connectivity index (χ4v) is 3.50. The summed E-state index contributed by atoms with van der Waals surface area (Å²) >= 11 is 5.95. The number of halogens is 1. The zero-order valence-electron chi connectivity index (χ0n) is 12.9. The summed E-state index contributed by atoms with van der Waals surface area (Å²) in [6, 6.07) is 10.9. The zero-order chi connectivity index (χ0) is 18.8. The van der Waals surface area contributed by atoms with E-state index in [1.807, 2.05) is 0 Å². The van der Waals surface area contributed by atoms with E-state index in [2.05, 4.69) is 0 Å². The first-order valence-corrected chi connectivity index (χ1v) is 8.42. The summed E-state index contributed by atoms with van der Waals surface area (Å²) in [6.45, 7) is 0. The standard InChI is InChI=1S/C17H9FN2O4S2/c18-13-7-2-1-4-10(13)9-14-16(22)19(17(25)26-14)15(21)11-5-3-6-12(8-11)20(23)24/h1-9H/b14-9+. The highest BCUT2D eigenvalue weighted by Crippen LogP contribution is 2.34.